The van der Waals surface area contributed by atoms with E-state index in [0.717, 1.165) is 16.3 Å². The molecule has 0 atom stereocenters. The predicted molar refractivity (Wildman–Crippen MR) is 98.6 cm³/mol. The zero-order valence-corrected chi connectivity index (χ0v) is 15.6. The van der Waals surface area contributed by atoms with E-state index in [1.54, 1.807) is 24.5 Å². The lowest BCUT2D eigenvalue weighted by Crippen LogP contribution is -2.19. The number of pyridine rings is 1. The standard InChI is InChI=1S/C18H12ClF3N6O/c1-10-2-3-15-25-12(8-27-14(19)5-13(26-27)18(20,21)22)4-16(29)28(15)17(10)11-6-23-9-24-7-11/h2-7,9H,8H2,1H3. The molecule has 11 heteroatoms. The molecule has 0 aliphatic heterocycles. The van der Waals surface area contributed by atoms with Gasteiger partial charge >= 0.3 is 6.18 Å². The van der Waals surface area contributed by atoms with Gasteiger partial charge in [0, 0.05) is 30.1 Å². The average Bonchev–Trinajstić information content (AvgIpc) is 3.04. The molecule has 7 nitrogen and oxygen atoms in total. The second-order valence-corrected chi connectivity index (χ2v) is 6.67. The molecule has 0 radical (unpaired) electrons. The van der Waals surface area contributed by atoms with Crippen molar-refractivity contribution in [3.05, 3.63) is 75.4 Å². The van der Waals surface area contributed by atoms with E-state index in [4.69, 9.17) is 11.6 Å². The third-order valence-electron chi connectivity index (χ3n) is 4.24. The minimum absolute atomic E-state index is 0.182. The molecule has 0 bridgehead atoms. The lowest BCUT2D eigenvalue weighted by molar-refractivity contribution is -0.141. The van der Waals surface area contributed by atoms with Gasteiger partial charge in [-0.05, 0) is 18.6 Å². The molecule has 0 fully saturated rings. The molecule has 0 aliphatic carbocycles. The van der Waals surface area contributed by atoms with Gasteiger partial charge in [-0.15, -0.1) is 0 Å². The number of aryl methyl sites for hydroxylation is 1. The van der Waals surface area contributed by atoms with Crippen molar-refractivity contribution >= 4 is 17.2 Å². The number of rotatable bonds is 3. The van der Waals surface area contributed by atoms with Gasteiger partial charge in [-0.3, -0.25) is 9.20 Å². The largest absolute Gasteiger partial charge is 0.435 e. The SMILES string of the molecule is Cc1ccc2nc(Cn3nc(C(F)(F)F)cc3Cl)cc(=O)n2c1-c1cncnc1. The fourth-order valence-electron chi connectivity index (χ4n) is 3.00. The van der Waals surface area contributed by atoms with Crippen molar-refractivity contribution in [1.82, 2.24) is 29.1 Å². The second-order valence-electron chi connectivity index (χ2n) is 6.28. The van der Waals surface area contributed by atoms with Crippen LogP contribution in [0.25, 0.3) is 16.9 Å². The second kappa shape index (κ2) is 6.96. The van der Waals surface area contributed by atoms with Crippen LogP contribution in [0.4, 0.5) is 13.2 Å². The smallest absolute Gasteiger partial charge is 0.269 e. The van der Waals surface area contributed by atoms with Gasteiger partial charge in [-0.1, -0.05) is 17.7 Å². The quantitative estimate of drug-likeness (QED) is 0.508. The average molecular weight is 421 g/mol. The first kappa shape index (κ1) is 19.1. The molecular formula is C18H12ClF3N6O. The van der Waals surface area contributed by atoms with E-state index in [1.165, 1.54) is 16.8 Å². The van der Waals surface area contributed by atoms with E-state index >= 15 is 0 Å². The van der Waals surface area contributed by atoms with Crippen molar-refractivity contribution in [2.45, 2.75) is 19.6 Å². The summed E-state index contributed by atoms with van der Waals surface area (Å²) in [4.78, 5) is 25.2. The number of hydrogen-bond donors (Lipinski definition) is 0. The third kappa shape index (κ3) is 3.58. The number of fused-ring (bicyclic) bond motifs is 1. The predicted octanol–water partition coefficient (Wildman–Crippen LogP) is 3.38. The highest BCUT2D eigenvalue weighted by molar-refractivity contribution is 6.29. The topological polar surface area (TPSA) is 78.0 Å². The molecule has 4 heterocycles. The lowest BCUT2D eigenvalue weighted by Gasteiger charge is -2.12. The van der Waals surface area contributed by atoms with Crippen LogP contribution in [0, 0.1) is 6.92 Å². The maximum Gasteiger partial charge on any atom is 0.435 e. The number of alkyl halides is 3. The van der Waals surface area contributed by atoms with Crippen LogP contribution in [-0.4, -0.2) is 29.1 Å². The zero-order chi connectivity index (χ0) is 20.8. The van der Waals surface area contributed by atoms with Gasteiger partial charge in [0.2, 0.25) is 0 Å². The first-order valence-corrected chi connectivity index (χ1v) is 8.70. The molecule has 29 heavy (non-hydrogen) atoms. The Hall–Kier alpha value is -3.27. The number of nitrogens with zero attached hydrogens (tertiary/aromatic N) is 6. The zero-order valence-electron chi connectivity index (χ0n) is 14.9. The summed E-state index contributed by atoms with van der Waals surface area (Å²) in [7, 11) is 0. The van der Waals surface area contributed by atoms with Crippen LogP contribution in [0.2, 0.25) is 5.15 Å². The summed E-state index contributed by atoms with van der Waals surface area (Å²) in [6.45, 7) is 1.66. The summed E-state index contributed by atoms with van der Waals surface area (Å²) in [5.74, 6) is 0. The van der Waals surface area contributed by atoms with E-state index in [9.17, 15) is 18.0 Å². The number of aromatic nitrogens is 6. The maximum atomic E-state index is 12.8. The molecule has 0 N–H and O–H groups in total. The van der Waals surface area contributed by atoms with Crippen LogP contribution in [0.5, 0.6) is 0 Å². The van der Waals surface area contributed by atoms with Gasteiger partial charge in [-0.25, -0.2) is 19.6 Å². The molecule has 4 aromatic rings. The summed E-state index contributed by atoms with van der Waals surface area (Å²) in [5.41, 5.74) is 1.09. The van der Waals surface area contributed by atoms with Crippen molar-refractivity contribution in [2.75, 3.05) is 0 Å². The van der Waals surface area contributed by atoms with Crippen LogP contribution < -0.4 is 5.56 Å². The van der Waals surface area contributed by atoms with Gasteiger partial charge in [-0.2, -0.15) is 18.3 Å². The molecule has 0 unspecified atom stereocenters. The fraction of sp³-hybridized carbons (Fsp3) is 0.167. The van der Waals surface area contributed by atoms with Crippen molar-refractivity contribution in [1.29, 1.82) is 0 Å². The Morgan fingerprint density at radius 3 is 2.52 bits per heavy atom. The Morgan fingerprint density at radius 2 is 1.86 bits per heavy atom. The fourth-order valence-corrected chi connectivity index (χ4v) is 3.20. The molecule has 0 spiro atoms. The third-order valence-corrected chi connectivity index (χ3v) is 4.55. The molecule has 148 valence electrons. The molecule has 4 aromatic heterocycles. The van der Waals surface area contributed by atoms with Gasteiger partial charge in [0.1, 0.15) is 17.1 Å². The van der Waals surface area contributed by atoms with Crippen molar-refractivity contribution in [3.63, 3.8) is 0 Å². The molecular weight excluding hydrogens is 409 g/mol. The van der Waals surface area contributed by atoms with Crippen molar-refractivity contribution < 1.29 is 13.2 Å². The van der Waals surface area contributed by atoms with E-state index in [0.29, 0.717) is 16.9 Å². The molecule has 0 aliphatic rings. The van der Waals surface area contributed by atoms with E-state index in [2.05, 4.69) is 20.1 Å². The Morgan fingerprint density at radius 1 is 1.14 bits per heavy atom. The summed E-state index contributed by atoms with van der Waals surface area (Å²) >= 11 is 5.86. The van der Waals surface area contributed by atoms with Crippen LogP contribution in [0.1, 0.15) is 17.0 Å². The molecule has 0 saturated heterocycles. The highest BCUT2D eigenvalue weighted by Gasteiger charge is 2.34. The van der Waals surface area contributed by atoms with Crippen molar-refractivity contribution in [2.24, 2.45) is 0 Å². The minimum Gasteiger partial charge on any atom is -0.269 e. The Bertz CT molecular complexity index is 1270. The number of hydrogen-bond acceptors (Lipinski definition) is 5. The summed E-state index contributed by atoms with van der Waals surface area (Å²) in [6, 6.07) is 5.41. The van der Waals surface area contributed by atoms with Crippen LogP contribution in [0.15, 0.2) is 47.8 Å². The van der Waals surface area contributed by atoms with E-state index in [-0.39, 0.29) is 17.4 Å². The summed E-state index contributed by atoms with van der Waals surface area (Å²) in [5, 5.41) is 3.26. The summed E-state index contributed by atoms with van der Waals surface area (Å²) in [6.07, 6.45) is -0.0732. The molecule has 4 rings (SSSR count). The van der Waals surface area contributed by atoms with Gasteiger partial charge in [0.05, 0.1) is 17.9 Å². The van der Waals surface area contributed by atoms with Crippen LogP contribution >= 0.6 is 11.6 Å². The molecule has 0 amide bonds. The van der Waals surface area contributed by atoms with Crippen LogP contribution in [0.3, 0.4) is 0 Å². The Labute approximate surface area is 166 Å². The van der Waals surface area contributed by atoms with Crippen molar-refractivity contribution in [3.8, 4) is 11.3 Å². The van der Waals surface area contributed by atoms with Gasteiger partial charge in [0.15, 0.2) is 5.69 Å². The lowest BCUT2D eigenvalue weighted by atomic mass is 10.1. The van der Waals surface area contributed by atoms with Gasteiger partial charge in [0.25, 0.3) is 5.56 Å². The molecule has 0 aromatic carbocycles. The number of halogens is 4. The van der Waals surface area contributed by atoms with E-state index in [1.807, 2.05) is 6.92 Å². The first-order valence-electron chi connectivity index (χ1n) is 8.32. The monoisotopic (exact) mass is 420 g/mol. The summed E-state index contributed by atoms with van der Waals surface area (Å²) < 4.78 is 40.8. The highest BCUT2D eigenvalue weighted by Crippen LogP contribution is 2.30. The van der Waals surface area contributed by atoms with E-state index < -0.39 is 17.4 Å². The van der Waals surface area contributed by atoms with Gasteiger partial charge < -0.3 is 0 Å². The molecule has 0 saturated carbocycles. The van der Waals surface area contributed by atoms with Crippen LogP contribution in [-0.2, 0) is 12.7 Å². The minimum atomic E-state index is -4.62. The Kier molecular flexibility index (Phi) is 4.58. The first-order chi connectivity index (χ1) is 13.7. The maximum absolute atomic E-state index is 12.8. The highest BCUT2D eigenvalue weighted by atomic mass is 35.5. The Balaban J connectivity index is 1.81. The normalized spacial score (nSPS) is 11.9.